The van der Waals surface area contributed by atoms with Crippen molar-refractivity contribution in [3.05, 3.63) is 59.2 Å². The molecule has 0 atom stereocenters. The number of rotatable bonds is 8. The van der Waals surface area contributed by atoms with Crippen LogP contribution in [0.5, 0.6) is 0 Å². The average Bonchev–Trinajstić information content (AvgIpc) is 2.65. The van der Waals surface area contributed by atoms with Crippen LogP contribution in [0, 0.1) is 6.92 Å². The Morgan fingerprint density at radius 3 is 2.52 bits per heavy atom. The van der Waals surface area contributed by atoms with Crippen molar-refractivity contribution in [2.24, 2.45) is 0 Å². The van der Waals surface area contributed by atoms with Crippen LogP contribution in [0.2, 0.25) is 0 Å². The molecule has 27 heavy (non-hydrogen) atoms. The molecule has 0 saturated heterocycles. The van der Waals surface area contributed by atoms with Crippen molar-refractivity contribution in [2.75, 3.05) is 32.6 Å². The number of carbonyl (C=O) groups excluding carboxylic acids is 1. The van der Waals surface area contributed by atoms with Crippen molar-refractivity contribution < 1.29 is 23.1 Å². The van der Waals surface area contributed by atoms with E-state index in [1.165, 1.54) is 32.3 Å². The minimum absolute atomic E-state index is 0.00936. The third-order valence-corrected chi connectivity index (χ3v) is 5.85. The molecule has 0 aliphatic carbocycles. The quantitative estimate of drug-likeness (QED) is 0.667. The molecular formula is C19H24N2O5S. The van der Waals surface area contributed by atoms with E-state index in [1.807, 2.05) is 31.2 Å². The van der Waals surface area contributed by atoms with E-state index in [0.29, 0.717) is 5.69 Å². The van der Waals surface area contributed by atoms with E-state index in [1.54, 1.807) is 0 Å². The summed E-state index contributed by atoms with van der Waals surface area (Å²) in [7, 11) is -0.855. The van der Waals surface area contributed by atoms with Crippen LogP contribution in [0.25, 0.3) is 0 Å². The second-order valence-corrected chi connectivity index (χ2v) is 8.30. The number of hydrogen-bond donors (Lipinski definition) is 2. The number of ether oxygens (including phenoxy) is 1. The van der Waals surface area contributed by atoms with Crippen LogP contribution in [-0.2, 0) is 21.4 Å². The lowest BCUT2D eigenvalue weighted by molar-refractivity contribution is 0.0473. The first-order chi connectivity index (χ1) is 12.8. The smallest absolute Gasteiger partial charge is 0.340 e. The number of nitrogens with zero attached hydrogens (tertiary/aromatic N) is 1. The summed E-state index contributed by atoms with van der Waals surface area (Å²) in [6, 6.07) is 11.7. The highest BCUT2D eigenvalue weighted by atomic mass is 32.2. The first-order valence-corrected chi connectivity index (χ1v) is 9.84. The lowest BCUT2D eigenvalue weighted by atomic mass is 10.1. The van der Waals surface area contributed by atoms with Gasteiger partial charge >= 0.3 is 5.97 Å². The fourth-order valence-corrected chi connectivity index (χ4v) is 3.33. The average molecular weight is 392 g/mol. The Kier molecular flexibility index (Phi) is 6.95. The van der Waals surface area contributed by atoms with Gasteiger partial charge in [-0.05, 0) is 36.2 Å². The SMILES string of the molecule is Cc1ccccc1COC(=O)c1cc(S(=O)(=O)N(C)C)ccc1NCCO. The molecule has 0 amide bonds. The summed E-state index contributed by atoms with van der Waals surface area (Å²) in [5.41, 5.74) is 2.36. The van der Waals surface area contributed by atoms with E-state index in [4.69, 9.17) is 9.84 Å². The summed E-state index contributed by atoms with van der Waals surface area (Å²) in [6.45, 7) is 2.09. The minimum atomic E-state index is -3.70. The van der Waals surface area contributed by atoms with Gasteiger partial charge in [0.05, 0.1) is 17.1 Å². The number of benzene rings is 2. The summed E-state index contributed by atoms with van der Waals surface area (Å²) in [5.74, 6) is -0.644. The van der Waals surface area contributed by atoms with Crippen molar-refractivity contribution in [3.63, 3.8) is 0 Å². The number of nitrogens with one attached hydrogen (secondary N) is 1. The molecule has 2 aromatic rings. The molecule has 0 saturated carbocycles. The maximum absolute atomic E-state index is 12.6. The molecule has 8 heteroatoms. The maximum atomic E-state index is 12.6. The van der Waals surface area contributed by atoms with E-state index in [9.17, 15) is 13.2 Å². The molecule has 0 fully saturated rings. The summed E-state index contributed by atoms with van der Waals surface area (Å²) < 4.78 is 31.2. The number of aryl methyl sites for hydroxylation is 1. The van der Waals surface area contributed by atoms with Crippen LogP contribution in [-0.4, -0.2) is 51.0 Å². The van der Waals surface area contributed by atoms with Gasteiger partial charge in [0.1, 0.15) is 6.61 Å². The van der Waals surface area contributed by atoms with Crippen molar-refractivity contribution in [2.45, 2.75) is 18.4 Å². The summed E-state index contributed by atoms with van der Waals surface area (Å²) in [4.78, 5) is 12.6. The number of hydrogen-bond acceptors (Lipinski definition) is 6. The zero-order valence-corrected chi connectivity index (χ0v) is 16.4. The molecule has 0 aliphatic rings. The summed E-state index contributed by atoms with van der Waals surface area (Å²) in [5, 5.41) is 11.9. The zero-order chi connectivity index (χ0) is 20.0. The van der Waals surface area contributed by atoms with Gasteiger partial charge < -0.3 is 15.2 Å². The molecule has 2 rings (SSSR count). The predicted octanol–water partition coefficient (Wildman–Crippen LogP) is 2.01. The van der Waals surface area contributed by atoms with E-state index in [0.717, 1.165) is 15.4 Å². The van der Waals surface area contributed by atoms with E-state index in [-0.39, 0.29) is 30.2 Å². The van der Waals surface area contributed by atoms with E-state index < -0.39 is 16.0 Å². The van der Waals surface area contributed by atoms with Crippen LogP contribution >= 0.6 is 0 Å². The van der Waals surface area contributed by atoms with Crippen LogP contribution in [0.3, 0.4) is 0 Å². The minimum Gasteiger partial charge on any atom is -0.457 e. The van der Waals surface area contributed by atoms with Crippen molar-refractivity contribution in [3.8, 4) is 0 Å². The fraction of sp³-hybridized carbons (Fsp3) is 0.316. The number of aliphatic hydroxyl groups excluding tert-OH is 1. The molecule has 0 aromatic heterocycles. The molecule has 7 nitrogen and oxygen atoms in total. The number of aliphatic hydroxyl groups is 1. The Morgan fingerprint density at radius 2 is 1.89 bits per heavy atom. The van der Waals surface area contributed by atoms with Gasteiger partial charge in [-0.25, -0.2) is 17.5 Å². The Hall–Kier alpha value is -2.42. The molecule has 0 heterocycles. The molecule has 0 radical (unpaired) electrons. The second-order valence-electron chi connectivity index (χ2n) is 6.15. The van der Waals surface area contributed by atoms with Crippen LogP contribution in [0.15, 0.2) is 47.4 Å². The maximum Gasteiger partial charge on any atom is 0.340 e. The zero-order valence-electron chi connectivity index (χ0n) is 15.6. The second kappa shape index (κ2) is 8.98. The Bertz CT molecular complexity index is 910. The molecule has 2 N–H and O–H groups in total. The first kappa shape index (κ1) is 20.9. The standard InChI is InChI=1S/C19H24N2O5S/c1-14-6-4-5-7-15(14)13-26-19(23)17-12-16(27(24,25)21(2)3)8-9-18(17)20-10-11-22/h4-9,12,20,22H,10-11,13H2,1-3H3. The molecule has 0 aliphatic heterocycles. The van der Waals surface area contributed by atoms with Crippen LogP contribution in [0.4, 0.5) is 5.69 Å². The third kappa shape index (κ3) is 5.06. The van der Waals surface area contributed by atoms with E-state index in [2.05, 4.69) is 5.32 Å². The monoisotopic (exact) mass is 392 g/mol. The van der Waals surface area contributed by atoms with Gasteiger partial charge in [-0.15, -0.1) is 0 Å². The number of sulfonamides is 1. The Morgan fingerprint density at radius 1 is 1.19 bits per heavy atom. The molecular weight excluding hydrogens is 368 g/mol. The fourth-order valence-electron chi connectivity index (χ4n) is 2.40. The normalized spacial score (nSPS) is 11.4. The predicted molar refractivity (Wildman–Crippen MR) is 103 cm³/mol. The topological polar surface area (TPSA) is 95.9 Å². The lowest BCUT2D eigenvalue weighted by Crippen LogP contribution is -2.23. The summed E-state index contributed by atoms with van der Waals surface area (Å²) >= 11 is 0. The van der Waals surface area contributed by atoms with E-state index >= 15 is 0 Å². The molecule has 0 unspecified atom stereocenters. The van der Waals surface area contributed by atoms with Gasteiger partial charge in [-0.2, -0.15) is 0 Å². The van der Waals surface area contributed by atoms with Gasteiger partial charge in [0.25, 0.3) is 0 Å². The number of anilines is 1. The van der Waals surface area contributed by atoms with Crippen molar-refractivity contribution in [1.82, 2.24) is 4.31 Å². The number of esters is 1. The third-order valence-electron chi connectivity index (χ3n) is 4.04. The largest absolute Gasteiger partial charge is 0.457 e. The van der Waals surface area contributed by atoms with Gasteiger partial charge in [0, 0.05) is 26.3 Å². The highest BCUT2D eigenvalue weighted by Crippen LogP contribution is 2.23. The van der Waals surface area contributed by atoms with Gasteiger partial charge in [-0.3, -0.25) is 0 Å². The first-order valence-electron chi connectivity index (χ1n) is 8.40. The van der Waals surface area contributed by atoms with Crippen LogP contribution < -0.4 is 5.32 Å². The molecule has 0 bridgehead atoms. The van der Waals surface area contributed by atoms with Crippen LogP contribution in [0.1, 0.15) is 21.5 Å². The Balaban J connectivity index is 2.32. The highest BCUT2D eigenvalue weighted by molar-refractivity contribution is 7.89. The van der Waals surface area contributed by atoms with Crippen molar-refractivity contribution >= 4 is 21.7 Å². The van der Waals surface area contributed by atoms with Gasteiger partial charge in [0.15, 0.2) is 0 Å². The summed E-state index contributed by atoms with van der Waals surface area (Å²) in [6.07, 6.45) is 0. The molecule has 146 valence electrons. The Labute approximate surface area is 159 Å². The molecule has 0 spiro atoms. The number of carbonyl (C=O) groups is 1. The van der Waals surface area contributed by atoms with Gasteiger partial charge in [0.2, 0.25) is 10.0 Å². The molecule has 2 aromatic carbocycles. The lowest BCUT2D eigenvalue weighted by Gasteiger charge is -2.16. The van der Waals surface area contributed by atoms with Crippen molar-refractivity contribution in [1.29, 1.82) is 0 Å². The highest BCUT2D eigenvalue weighted by Gasteiger charge is 2.22. The van der Waals surface area contributed by atoms with Gasteiger partial charge in [-0.1, -0.05) is 24.3 Å².